The number of nitrogens with one attached hydrogen (secondary N) is 1. The number of benzene rings is 2. The maximum atomic E-state index is 12.7. The Balaban J connectivity index is 1.34. The molecule has 0 spiro atoms. The van der Waals surface area contributed by atoms with Crippen molar-refractivity contribution in [2.24, 2.45) is 0 Å². The van der Waals surface area contributed by atoms with E-state index in [1.807, 2.05) is 71.6 Å². The Morgan fingerprint density at radius 1 is 0.929 bits per heavy atom. The molecule has 4 rings (SSSR count). The SMILES string of the molecule is O=C(Nc1ccccc1Oc1ccccc1)N1CCN(Cc2ccco2)CC1. The molecule has 0 unspecified atom stereocenters. The largest absolute Gasteiger partial charge is 0.468 e. The van der Waals surface area contributed by atoms with Gasteiger partial charge < -0.3 is 19.4 Å². The van der Waals surface area contributed by atoms with E-state index in [9.17, 15) is 4.79 Å². The number of carbonyl (C=O) groups is 1. The molecular weight excluding hydrogens is 354 g/mol. The maximum absolute atomic E-state index is 12.7. The van der Waals surface area contributed by atoms with E-state index in [1.54, 1.807) is 6.26 Å². The molecule has 0 aliphatic carbocycles. The Hall–Kier alpha value is -3.25. The van der Waals surface area contributed by atoms with Gasteiger partial charge in [-0.3, -0.25) is 4.90 Å². The summed E-state index contributed by atoms with van der Waals surface area (Å²) in [5.74, 6) is 2.30. The van der Waals surface area contributed by atoms with E-state index in [1.165, 1.54) is 0 Å². The molecule has 0 bridgehead atoms. The molecule has 0 atom stereocenters. The smallest absolute Gasteiger partial charge is 0.322 e. The molecule has 6 heteroatoms. The summed E-state index contributed by atoms with van der Waals surface area (Å²) < 4.78 is 11.3. The summed E-state index contributed by atoms with van der Waals surface area (Å²) >= 11 is 0. The minimum atomic E-state index is -0.109. The standard InChI is InChI=1S/C22H23N3O3/c26-22(25-14-12-24(13-15-25)17-19-9-6-16-27-19)23-20-10-4-5-11-21(20)28-18-7-2-1-3-8-18/h1-11,16H,12-15,17H2,(H,23,26). The van der Waals surface area contributed by atoms with Crippen LogP contribution in [0.2, 0.25) is 0 Å². The van der Waals surface area contributed by atoms with Gasteiger partial charge in [0.25, 0.3) is 0 Å². The van der Waals surface area contributed by atoms with Gasteiger partial charge in [-0.25, -0.2) is 4.79 Å². The summed E-state index contributed by atoms with van der Waals surface area (Å²) in [6, 6.07) is 20.8. The lowest BCUT2D eigenvalue weighted by Crippen LogP contribution is -2.49. The monoisotopic (exact) mass is 377 g/mol. The average molecular weight is 377 g/mol. The minimum Gasteiger partial charge on any atom is -0.468 e. The van der Waals surface area contributed by atoms with Gasteiger partial charge in [-0.05, 0) is 36.4 Å². The number of ether oxygens (including phenoxy) is 1. The van der Waals surface area contributed by atoms with Crippen LogP contribution in [0.5, 0.6) is 11.5 Å². The first kappa shape index (κ1) is 18.1. The lowest BCUT2D eigenvalue weighted by Gasteiger charge is -2.34. The van der Waals surface area contributed by atoms with Crippen molar-refractivity contribution in [3.63, 3.8) is 0 Å². The fraction of sp³-hybridized carbons (Fsp3) is 0.227. The van der Waals surface area contributed by atoms with Gasteiger partial charge in [0.15, 0.2) is 5.75 Å². The number of piperazine rings is 1. The number of para-hydroxylation sites is 3. The van der Waals surface area contributed by atoms with E-state index in [0.29, 0.717) is 24.5 Å². The summed E-state index contributed by atoms with van der Waals surface area (Å²) in [5, 5.41) is 2.99. The molecule has 144 valence electrons. The summed E-state index contributed by atoms with van der Waals surface area (Å²) in [6.45, 7) is 3.76. The molecule has 6 nitrogen and oxygen atoms in total. The van der Waals surface area contributed by atoms with Crippen molar-refractivity contribution in [1.82, 2.24) is 9.80 Å². The normalized spacial score (nSPS) is 14.6. The molecule has 1 fully saturated rings. The lowest BCUT2D eigenvalue weighted by atomic mass is 10.2. The van der Waals surface area contributed by atoms with Gasteiger partial charge in [0, 0.05) is 26.2 Å². The van der Waals surface area contributed by atoms with E-state index in [4.69, 9.17) is 9.15 Å². The van der Waals surface area contributed by atoms with Crippen molar-refractivity contribution in [1.29, 1.82) is 0 Å². The van der Waals surface area contributed by atoms with Crippen molar-refractivity contribution in [2.75, 3.05) is 31.5 Å². The molecule has 2 heterocycles. The summed E-state index contributed by atoms with van der Waals surface area (Å²) in [4.78, 5) is 16.8. The summed E-state index contributed by atoms with van der Waals surface area (Å²) in [7, 11) is 0. The Kier molecular flexibility index (Phi) is 5.58. The highest BCUT2D eigenvalue weighted by Gasteiger charge is 2.22. The van der Waals surface area contributed by atoms with E-state index in [0.717, 1.165) is 31.1 Å². The van der Waals surface area contributed by atoms with Crippen molar-refractivity contribution in [3.8, 4) is 11.5 Å². The molecule has 1 N–H and O–H groups in total. The zero-order valence-corrected chi connectivity index (χ0v) is 15.6. The van der Waals surface area contributed by atoms with Crippen molar-refractivity contribution in [2.45, 2.75) is 6.54 Å². The van der Waals surface area contributed by atoms with Crippen LogP contribution in [-0.4, -0.2) is 42.0 Å². The number of carbonyl (C=O) groups excluding carboxylic acids is 1. The van der Waals surface area contributed by atoms with Gasteiger partial charge >= 0.3 is 6.03 Å². The van der Waals surface area contributed by atoms with Crippen LogP contribution < -0.4 is 10.1 Å². The van der Waals surface area contributed by atoms with Gasteiger partial charge in [-0.15, -0.1) is 0 Å². The maximum Gasteiger partial charge on any atom is 0.322 e. The first-order chi connectivity index (χ1) is 13.8. The number of hydrogen-bond acceptors (Lipinski definition) is 4. The molecule has 0 saturated carbocycles. The third-order valence-electron chi connectivity index (χ3n) is 4.72. The third kappa shape index (κ3) is 4.53. The van der Waals surface area contributed by atoms with Gasteiger partial charge in [0.1, 0.15) is 11.5 Å². The van der Waals surface area contributed by atoms with Crippen molar-refractivity contribution < 1.29 is 13.9 Å². The topological polar surface area (TPSA) is 58.0 Å². The fourth-order valence-corrected chi connectivity index (χ4v) is 3.20. The molecule has 3 aromatic rings. The molecule has 1 saturated heterocycles. The highest BCUT2D eigenvalue weighted by molar-refractivity contribution is 5.91. The van der Waals surface area contributed by atoms with E-state index >= 15 is 0 Å². The van der Waals surface area contributed by atoms with Crippen LogP contribution in [0.1, 0.15) is 5.76 Å². The highest BCUT2D eigenvalue weighted by atomic mass is 16.5. The number of amides is 2. The predicted octanol–water partition coefficient (Wildman–Crippen LogP) is 4.42. The number of anilines is 1. The van der Waals surface area contributed by atoms with Crippen LogP contribution in [0.25, 0.3) is 0 Å². The Bertz CT molecular complexity index is 888. The highest BCUT2D eigenvalue weighted by Crippen LogP contribution is 2.29. The average Bonchev–Trinajstić information content (AvgIpc) is 3.24. The number of furan rings is 1. The molecular formula is C22H23N3O3. The van der Waals surface area contributed by atoms with Crippen molar-refractivity contribution >= 4 is 11.7 Å². The van der Waals surface area contributed by atoms with Crippen LogP contribution in [0.15, 0.2) is 77.4 Å². The molecule has 2 amide bonds. The second-order valence-corrected chi connectivity index (χ2v) is 6.68. The predicted molar refractivity (Wildman–Crippen MR) is 108 cm³/mol. The van der Waals surface area contributed by atoms with E-state index < -0.39 is 0 Å². The minimum absolute atomic E-state index is 0.109. The fourth-order valence-electron chi connectivity index (χ4n) is 3.20. The van der Waals surface area contributed by atoms with Crippen LogP contribution in [0.4, 0.5) is 10.5 Å². The quantitative estimate of drug-likeness (QED) is 0.715. The Morgan fingerprint density at radius 2 is 1.68 bits per heavy atom. The van der Waals surface area contributed by atoms with Gasteiger partial charge in [0.05, 0.1) is 18.5 Å². The van der Waals surface area contributed by atoms with E-state index in [2.05, 4.69) is 10.2 Å². The second kappa shape index (κ2) is 8.63. The zero-order valence-electron chi connectivity index (χ0n) is 15.6. The first-order valence-corrected chi connectivity index (χ1v) is 9.40. The Morgan fingerprint density at radius 3 is 2.43 bits per heavy atom. The van der Waals surface area contributed by atoms with Gasteiger partial charge in [-0.1, -0.05) is 30.3 Å². The molecule has 1 aliphatic heterocycles. The van der Waals surface area contributed by atoms with Crippen LogP contribution >= 0.6 is 0 Å². The molecule has 28 heavy (non-hydrogen) atoms. The van der Waals surface area contributed by atoms with Crippen LogP contribution in [0.3, 0.4) is 0 Å². The van der Waals surface area contributed by atoms with Crippen molar-refractivity contribution in [3.05, 3.63) is 78.8 Å². The number of rotatable bonds is 5. The van der Waals surface area contributed by atoms with Crippen LogP contribution in [0, 0.1) is 0 Å². The summed E-state index contributed by atoms with van der Waals surface area (Å²) in [6.07, 6.45) is 1.69. The van der Waals surface area contributed by atoms with Gasteiger partial charge in [-0.2, -0.15) is 0 Å². The second-order valence-electron chi connectivity index (χ2n) is 6.68. The van der Waals surface area contributed by atoms with Crippen LogP contribution in [-0.2, 0) is 6.54 Å². The molecule has 2 aromatic carbocycles. The molecule has 1 aliphatic rings. The Labute approximate surface area is 164 Å². The molecule has 0 radical (unpaired) electrons. The lowest BCUT2D eigenvalue weighted by molar-refractivity contribution is 0.137. The summed E-state index contributed by atoms with van der Waals surface area (Å²) in [5.41, 5.74) is 0.661. The zero-order chi connectivity index (χ0) is 19.2. The molecule has 1 aromatic heterocycles. The first-order valence-electron chi connectivity index (χ1n) is 9.40. The van der Waals surface area contributed by atoms with E-state index in [-0.39, 0.29) is 6.03 Å². The third-order valence-corrected chi connectivity index (χ3v) is 4.72. The number of hydrogen-bond donors (Lipinski definition) is 1. The number of nitrogens with zero attached hydrogens (tertiary/aromatic N) is 2. The number of urea groups is 1. The van der Waals surface area contributed by atoms with Gasteiger partial charge in [0.2, 0.25) is 0 Å².